The Bertz CT molecular complexity index is 581. The van der Waals surface area contributed by atoms with Crippen LogP contribution < -0.4 is 5.32 Å². The molecule has 9 heteroatoms. The van der Waals surface area contributed by atoms with Crippen molar-refractivity contribution in [2.45, 2.75) is 12.7 Å². The molecule has 0 amide bonds. The van der Waals surface area contributed by atoms with Crippen LogP contribution in [-0.2, 0) is 12.7 Å². The van der Waals surface area contributed by atoms with E-state index in [9.17, 15) is 22.0 Å². The molecule has 3 nitrogen and oxygen atoms in total. The summed E-state index contributed by atoms with van der Waals surface area (Å²) in [5.74, 6) is -2.01. The molecule has 1 aromatic carbocycles. The zero-order chi connectivity index (χ0) is 14.0. The van der Waals surface area contributed by atoms with Gasteiger partial charge in [-0.2, -0.15) is 13.2 Å². The van der Waals surface area contributed by atoms with Crippen molar-refractivity contribution in [2.24, 2.45) is 0 Å². The average molecular weight is 295 g/mol. The van der Waals surface area contributed by atoms with Gasteiger partial charge in [0.15, 0.2) is 11.6 Å². The Morgan fingerprint density at radius 2 is 1.84 bits per heavy atom. The third-order valence-corrected chi connectivity index (χ3v) is 3.02. The number of anilines is 1. The maximum absolute atomic E-state index is 12.9. The van der Waals surface area contributed by atoms with Gasteiger partial charge in [-0.1, -0.05) is 17.4 Å². The van der Waals surface area contributed by atoms with E-state index in [1.165, 1.54) is 6.07 Å². The third kappa shape index (κ3) is 3.37. The minimum absolute atomic E-state index is 0.0176. The summed E-state index contributed by atoms with van der Waals surface area (Å²) in [6.45, 7) is 0.0176. The lowest BCUT2D eigenvalue weighted by molar-refractivity contribution is -0.138. The van der Waals surface area contributed by atoms with Crippen molar-refractivity contribution in [2.75, 3.05) is 5.32 Å². The fourth-order valence-corrected chi connectivity index (χ4v) is 1.84. The molecule has 0 unspecified atom stereocenters. The van der Waals surface area contributed by atoms with Crippen molar-refractivity contribution in [1.82, 2.24) is 10.2 Å². The van der Waals surface area contributed by atoms with Crippen molar-refractivity contribution in [3.05, 3.63) is 40.4 Å². The Labute approximate surface area is 108 Å². The van der Waals surface area contributed by atoms with Crippen LogP contribution in [0.4, 0.5) is 27.1 Å². The summed E-state index contributed by atoms with van der Waals surface area (Å²) in [4.78, 5) is 0. The summed E-state index contributed by atoms with van der Waals surface area (Å²) in [6.07, 6.45) is -4.54. The van der Waals surface area contributed by atoms with Gasteiger partial charge in [0, 0.05) is 6.54 Å². The number of hydrogen-bond donors (Lipinski definition) is 1. The highest BCUT2D eigenvalue weighted by Gasteiger charge is 2.35. The van der Waals surface area contributed by atoms with Gasteiger partial charge in [0.1, 0.15) is 0 Å². The molecule has 2 rings (SSSR count). The van der Waals surface area contributed by atoms with Gasteiger partial charge in [-0.3, -0.25) is 0 Å². The second-order valence-corrected chi connectivity index (χ2v) is 4.49. The van der Waals surface area contributed by atoms with Crippen LogP contribution in [0.25, 0.3) is 0 Å². The van der Waals surface area contributed by atoms with Crippen LogP contribution in [0.1, 0.15) is 10.6 Å². The van der Waals surface area contributed by atoms with Crippen LogP contribution in [0, 0.1) is 11.6 Å². The summed E-state index contributed by atoms with van der Waals surface area (Å²) < 4.78 is 62.3. The van der Waals surface area contributed by atoms with Crippen molar-refractivity contribution < 1.29 is 22.0 Å². The second kappa shape index (κ2) is 5.08. The molecule has 0 aliphatic rings. The largest absolute Gasteiger partial charge is 0.445 e. The molecule has 102 valence electrons. The molecule has 0 atom stereocenters. The lowest BCUT2D eigenvalue weighted by atomic mass is 10.2. The SMILES string of the molecule is Fc1ccc(CNc2nnc(C(F)(F)F)s2)cc1F. The Morgan fingerprint density at radius 1 is 1.11 bits per heavy atom. The molecule has 19 heavy (non-hydrogen) atoms. The van der Waals surface area contributed by atoms with E-state index in [0.29, 0.717) is 16.9 Å². The number of nitrogens with one attached hydrogen (secondary N) is 1. The van der Waals surface area contributed by atoms with E-state index < -0.39 is 22.8 Å². The maximum Gasteiger partial charge on any atom is 0.445 e. The van der Waals surface area contributed by atoms with Gasteiger partial charge in [-0.05, 0) is 17.7 Å². The second-order valence-electron chi connectivity index (χ2n) is 3.51. The van der Waals surface area contributed by atoms with Crippen LogP contribution >= 0.6 is 11.3 Å². The Morgan fingerprint density at radius 3 is 2.42 bits per heavy atom. The summed E-state index contributed by atoms with van der Waals surface area (Å²) in [5.41, 5.74) is 0.377. The van der Waals surface area contributed by atoms with Gasteiger partial charge in [0.05, 0.1) is 0 Å². The number of halogens is 5. The van der Waals surface area contributed by atoms with Gasteiger partial charge in [0.2, 0.25) is 10.1 Å². The molecule has 0 saturated carbocycles. The summed E-state index contributed by atoms with van der Waals surface area (Å²) >= 11 is 0.340. The van der Waals surface area contributed by atoms with E-state index in [2.05, 4.69) is 15.5 Å². The molecule has 0 fully saturated rings. The molecule has 0 aliphatic carbocycles. The summed E-state index contributed by atoms with van der Waals surface area (Å²) in [5, 5.41) is 7.73. The topological polar surface area (TPSA) is 37.8 Å². The third-order valence-electron chi connectivity index (χ3n) is 2.10. The number of hydrogen-bond acceptors (Lipinski definition) is 4. The molecular weight excluding hydrogens is 289 g/mol. The summed E-state index contributed by atoms with van der Waals surface area (Å²) in [7, 11) is 0. The normalized spacial score (nSPS) is 11.6. The molecule has 2 aromatic rings. The minimum atomic E-state index is -4.54. The van der Waals surface area contributed by atoms with Gasteiger partial charge in [-0.15, -0.1) is 10.2 Å². The highest BCUT2D eigenvalue weighted by molar-refractivity contribution is 7.15. The van der Waals surface area contributed by atoms with E-state index in [0.717, 1.165) is 12.1 Å². The van der Waals surface area contributed by atoms with E-state index in [1.54, 1.807) is 0 Å². The average Bonchev–Trinajstić information content (AvgIpc) is 2.79. The number of aromatic nitrogens is 2. The Kier molecular flexibility index (Phi) is 3.65. The molecule has 0 spiro atoms. The van der Waals surface area contributed by atoms with E-state index >= 15 is 0 Å². The van der Waals surface area contributed by atoms with E-state index in [-0.39, 0.29) is 11.7 Å². The van der Waals surface area contributed by atoms with Gasteiger partial charge in [0.25, 0.3) is 0 Å². The van der Waals surface area contributed by atoms with E-state index in [1.807, 2.05) is 0 Å². The minimum Gasteiger partial charge on any atom is -0.356 e. The van der Waals surface area contributed by atoms with E-state index in [4.69, 9.17) is 0 Å². The number of benzene rings is 1. The first-order chi connectivity index (χ1) is 8.86. The quantitative estimate of drug-likeness (QED) is 0.881. The molecular formula is C10H6F5N3S. The molecule has 1 heterocycles. The van der Waals surface area contributed by atoms with Crippen molar-refractivity contribution in [3.8, 4) is 0 Å². The zero-order valence-corrected chi connectivity index (χ0v) is 9.95. The Balaban J connectivity index is 2.02. The van der Waals surface area contributed by atoms with Crippen molar-refractivity contribution >= 4 is 16.5 Å². The first-order valence-electron chi connectivity index (χ1n) is 4.95. The van der Waals surface area contributed by atoms with Crippen molar-refractivity contribution in [1.29, 1.82) is 0 Å². The predicted molar refractivity (Wildman–Crippen MR) is 58.6 cm³/mol. The standard InChI is InChI=1S/C10H6F5N3S/c11-6-2-1-5(3-7(6)12)4-16-9-18-17-8(19-9)10(13,14)15/h1-3H,4H2,(H,16,18). The molecule has 1 aromatic heterocycles. The predicted octanol–water partition coefficient (Wildman–Crippen LogP) is 3.45. The van der Waals surface area contributed by atoms with Crippen LogP contribution in [0.3, 0.4) is 0 Å². The highest BCUT2D eigenvalue weighted by atomic mass is 32.1. The lowest BCUT2D eigenvalue weighted by Crippen LogP contribution is -2.03. The highest BCUT2D eigenvalue weighted by Crippen LogP contribution is 2.33. The molecule has 0 aliphatic heterocycles. The van der Waals surface area contributed by atoms with Gasteiger partial charge >= 0.3 is 6.18 Å². The lowest BCUT2D eigenvalue weighted by Gasteiger charge is -2.03. The van der Waals surface area contributed by atoms with Crippen LogP contribution in [0.2, 0.25) is 0 Å². The number of alkyl halides is 3. The molecule has 1 N–H and O–H groups in total. The molecule has 0 saturated heterocycles. The first-order valence-corrected chi connectivity index (χ1v) is 5.76. The monoisotopic (exact) mass is 295 g/mol. The van der Waals surface area contributed by atoms with Crippen LogP contribution in [-0.4, -0.2) is 10.2 Å². The van der Waals surface area contributed by atoms with Gasteiger partial charge in [-0.25, -0.2) is 8.78 Å². The first kappa shape index (κ1) is 13.7. The van der Waals surface area contributed by atoms with Gasteiger partial charge < -0.3 is 5.32 Å². The zero-order valence-electron chi connectivity index (χ0n) is 9.13. The molecule has 0 radical (unpaired) electrons. The van der Waals surface area contributed by atoms with Crippen LogP contribution in [0.5, 0.6) is 0 Å². The number of rotatable bonds is 3. The Hall–Kier alpha value is -1.77. The van der Waals surface area contributed by atoms with Crippen LogP contribution in [0.15, 0.2) is 18.2 Å². The fraction of sp³-hybridized carbons (Fsp3) is 0.200. The van der Waals surface area contributed by atoms with Crippen molar-refractivity contribution in [3.63, 3.8) is 0 Å². The fourth-order valence-electron chi connectivity index (χ4n) is 1.24. The summed E-state index contributed by atoms with van der Waals surface area (Å²) in [6, 6.07) is 3.21. The smallest absolute Gasteiger partial charge is 0.356 e. The molecule has 0 bridgehead atoms. The number of nitrogens with zero attached hydrogens (tertiary/aromatic N) is 2. The maximum atomic E-state index is 12.9.